The summed E-state index contributed by atoms with van der Waals surface area (Å²) in [6.45, 7) is 1.94. The van der Waals surface area contributed by atoms with E-state index in [0.717, 1.165) is 31.2 Å². The van der Waals surface area contributed by atoms with Gasteiger partial charge in [0, 0.05) is 25.7 Å². The van der Waals surface area contributed by atoms with Crippen molar-refractivity contribution in [2.24, 2.45) is 0 Å². The fourth-order valence-electron chi connectivity index (χ4n) is 1.57. The number of rotatable bonds is 4. The minimum Gasteiger partial charge on any atom is -0.477 e. The fourth-order valence-corrected chi connectivity index (χ4v) is 3.93. The van der Waals surface area contributed by atoms with Gasteiger partial charge in [-0.3, -0.25) is 0 Å². The van der Waals surface area contributed by atoms with Crippen molar-refractivity contribution in [1.82, 2.24) is 0 Å². The van der Waals surface area contributed by atoms with E-state index in [2.05, 4.69) is 15.9 Å². The van der Waals surface area contributed by atoms with E-state index < -0.39 is 5.97 Å². The van der Waals surface area contributed by atoms with Gasteiger partial charge in [0.25, 0.3) is 0 Å². The number of carbonyl (C=O) groups is 1. The average Bonchev–Trinajstić information content (AvgIpc) is 2.70. The van der Waals surface area contributed by atoms with E-state index in [1.54, 1.807) is 17.8 Å². The third kappa shape index (κ3) is 3.52. The van der Waals surface area contributed by atoms with Crippen LogP contribution in [0.25, 0.3) is 0 Å². The van der Waals surface area contributed by atoms with E-state index in [9.17, 15) is 4.79 Å². The summed E-state index contributed by atoms with van der Waals surface area (Å²) in [5.41, 5.74) is 7.71. The van der Waals surface area contributed by atoms with Gasteiger partial charge in [-0.15, -0.1) is 23.1 Å². The summed E-state index contributed by atoms with van der Waals surface area (Å²) < 4.78 is 0.953. The molecule has 0 aliphatic heterocycles. The van der Waals surface area contributed by atoms with Gasteiger partial charge in [0.2, 0.25) is 0 Å². The molecule has 1 aromatic carbocycles. The van der Waals surface area contributed by atoms with Crippen molar-refractivity contribution in [2.75, 3.05) is 5.73 Å². The van der Waals surface area contributed by atoms with Crippen LogP contribution in [0.3, 0.4) is 0 Å². The second-order valence-electron chi connectivity index (χ2n) is 3.97. The lowest BCUT2D eigenvalue weighted by molar-refractivity contribution is 0.0702. The van der Waals surface area contributed by atoms with E-state index in [1.807, 2.05) is 25.1 Å². The fraction of sp³-hybridized carbons (Fsp3) is 0.154. The number of nitrogen functional groups attached to an aromatic ring is 1. The SMILES string of the molecule is Cc1sc(C(=O)O)cc1CSc1ccc(Br)cc1N. The van der Waals surface area contributed by atoms with Crippen molar-refractivity contribution in [2.45, 2.75) is 17.6 Å². The Morgan fingerprint density at radius 3 is 2.79 bits per heavy atom. The highest BCUT2D eigenvalue weighted by Gasteiger charge is 2.11. The molecule has 0 radical (unpaired) electrons. The quantitative estimate of drug-likeness (QED) is 0.628. The van der Waals surface area contributed by atoms with Crippen molar-refractivity contribution in [3.8, 4) is 0 Å². The summed E-state index contributed by atoms with van der Waals surface area (Å²) in [7, 11) is 0. The normalized spacial score (nSPS) is 10.6. The third-order valence-electron chi connectivity index (χ3n) is 2.59. The Morgan fingerprint density at radius 2 is 2.21 bits per heavy atom. The predicted molar refractivity (Wildman–Crippen MR) is 84.1 cm³/mol. The molecule has 0 fully saturated rings. The van der Waals surface area contributed by atoms with E-state index >= 15 is 0 Å². The van der Waals surface area contributed by atoms with Crippen LogP contribution in [0, 0.1) is 6.92 Å². The third-order valence-corrected chi connectivity index (χ3v) is 5.30. The van der Waals surface area contributed by atoms with Crippen LogP contribution in [0.1, 0.15) is 20.1 Å². The summed E-state index contributed by atoms with van der Waals surface area (Å²) >= 11 is 6.30. The van der Waals surface area contributed by atoms with Crippen LogP contribution < -0.4 is 5.73 Å². The van der Waals surface area contributed by atoms with Crippen molar-refractivity contribution < 1.29 is 9.90 Å². The molecule has 1 aromatic heterocycles. The Kier molecular flexibility index (Phi) is 4.54. The number of aryl methyl sites for hydroxylation is 1. The molecule has 0 amide bonds. The number of nitrogens with two attached hydrogens (primary N) is 1. The van der Waals surface area contributed by atoms with Gasteiger partial charge in [-0.25, -0.2) is 4.79 Å². The lowest BCUT2D eigenvalue weighted by Crippen LogP contribution is -1.91. The van der Waals surface area contributed by atoms with Gasteiger partial charge in [-0.05, 0) is 36.8 Å². The maximum Gasteiger partial charge on any atom is 0.345 e. The molecule has 3 nitrogen and oxygen atoms in total. The van der Waals surface area contributed by atoms with E-state index in [0.29, 0.717) is 4.88 Å². The highest BCUT2D eigenvalue weighted by atomic mass is 79.9. The summed E-state index contributed by atoms with van der Waals surface area (Å²) in [6.07, 6.45) is 0. The number of aromatic carboxylic acids is 1. The van der Waals surface area contributed by atoms with Crippen LogP contribution in [-0.2, 0) is 5.75 Å². The molecule has 0 aliphatic carbocycles. The molecule has 100 valence electrons. The number of carboxylic acid groups (broad SMARTS) is 1. The standard InChI is InChI=1S/C13H12BrNO2S2/c1-7-8(4-12(19-7)13(16)17)6-18-11-3-2-9(14)5-10(11)15/h2-5H,6,15H2,1H3,(H,16,17). The van der Waals surface area contributed by atoms with Gasteiger partial charge in [-0.1, -0.05) is 15.9 Å². The smallest absolute Gasteiger partial charge is 0.345 e. The first-order valence-corrected chi connectivity index (χ1v) is 8.07. The highest BCUT2D eigenvalue weighted by molar-refractivity contribution is 9.10. The zero-order valence-corrected chi connectivity index (χ0v) is 13.4. The summed E-state index contributed by atoms with van der Waals surface area (Å²) in [6, 6.07) is 7.52. The first kappa shape index (κ1) is 14.4. The molecular formula is C13H12BrNO2S2. The first-order chi connectivity index (χ1) is 8.97. The Hall–Kier alpha value is -0.980. The molecule has 0 saturated carbocycles. The minimum absolute atomic E-state index is 0.386. The second kappa shape index (κ2) is 5.98. The molecule has 2 aromatic rings. The lowest BCUT2D eigenvalue weighted by atomic mass is 10.3. The molecule has 6 heteroatoms. The molecule has 0 bridgehead atoms. The van der Waals surface area contributed by atoms with Crippen LogP contribution in [0.5, 0.6) is 0 Å². The Balaban J connectivity index is 2.12. The minimum atomic E-state index is -0.868. The van der Waals surface area contributed by atoms with Crippen molar-refractivity contribution in [3.63, 3.8) is 0 Å². The zero-order chi connectivity index (χ0) is 14.0. The van der Waals surface area contributed by atoms with Crippen LogP contribution in [-0.4, -0.2) is 11.1 Å². The highest BCUT2D eigenvalue weighted by Crippen LogP contribution is 2.33. The van der Waals surface area contributed by atoms with Crippen LogP contribution >= 0.6 is 39.0 Å². The van der Waals surface area contributed by atoms with Gasteiger partial charge in [-0.2, -0.15) is 0 Å². The maximum absolute atomic E-state index is 10.9. The Labute approximate surface area is 128 Å². The van der Waals surface area contributed by atoms with E-state index in [4.69, 9.17) is 10.8 Å². The molecular weight excluding hydrogens is 346 g/mol. The largest absolute Gasteiger partial charge is 0.477 e. The molecule has 2 rings (SSSR count). The van der Waals surface area contributed by atoms with Gasteiger partial charge in [0.15, 0.2) is 0 Å². The topological polar surface area (TPSA) is 63.3 Å². The first-order valence-electron chi connectivity index (χ1n) is 5.48. The van der Waals surface area contributed by atoms with Crippen LogP contribution in [0.2, 0.25) is 0 Å². The number of carboxylic acids is 1. The number of benzene rings is 1. The van der Waals surface area contributed by atoms with E-state index in [-0.39, 0.29) is 0 Å². The van der Waals surface area contributed by atoms with Crippen LogP contribution in [0.4, 0.5) is 5.69 Å². The summed E-state index contributed by atoms with van der Waals surface area (Å²) in [5, 5.41) is 8.96. The van der Waals surface area contributed by atoms with Crippen molar-refractivity contribution in [1.29, 1.82) is 0 Å². The maximum atomic E-state index is 10.9. The molecule has 19 heavy (non-hydrogen) atoms. The number of halogens is 1. The van der Waals surface area contributed by atoms with Crippen molar-refractivity contribution in [3.05, 3.63) is 44.1 Å². The van der Waals surface area contributed by atoms with Gasteiger partial charge >= 0.3 is 5.97 Å². The van der Waals surface area contributed by atoms with Gasteiger partial charge in [0.05, 0.1) is 0 Å². The molecule has 0 aliphatic rings. The predicted octanol–water partition coefficient (Wildman–Crippen LogP) is 4.39. The number of anilines is 1. The molecule has 1 heterocycles. The number of hydrogen-bond acceptors (Lipinski definition) is 4. The summed E-state index contributed by atoms with van der Waals surface area (Å²) in [5.74, 6) is -0.144. The second-order valence-corrected chi connectivity index (χ2v) is 7.16. The van der Waals surface area contributed by atoms with Crippen molar-refractivity contribution >= 4 is 50.7 Å². The molecule has 0 atom stereocenters. The molecule has 0 saturated heterocycles. The lowest BCUT2D eigenvalue weighted by Gasteiger charge is -2.05. The number of hydrogen-bond donors (Lipinski definition) is 2. The number of thioether (sulfide) groups is 1. The molecule has 3 N–H and O–H groups in total. The summed E-state index contributed by atoms with van der Waals surface area (Å²) in [4.78, 5) is 13.3. The molecule has 0 unspecified atom stereocenters. The Morgan fingerprint density at radius 1 is 1.47 bits per heavy atom. The van der Waals surface area contributed by atoms with Crippen LogP contribution in [0.15, 0.2) is 33.6 Å². The monoisotopic (exact) mass is 357 g/mol. The zero-order valence-electron chi connectivity index (χ0n) is 10.1. The Bertz CT molecular complexity index is 625. The molecule has 0 spiro atoms. The average molecular weight is 358 g/mol. The van der Waals surface area contributed by atoms with Gasteiger partial charge in [0.1, 0.15) is 4.88 Å². The van der Waals surface area contributed by atoms with Gasteiger partial charge < -0.3 is 10.8 Å². The number of thiophene rings is 1. The van der Waals surface area contributed by atoms with E-state index in [1.165, 1.54) is 11.3 Å².